The van der Waals surface area contributed by atoms with Crippen LogP contribution in [0.15, 0.2) is 40.9 Å². The molecule has 2 aromatic carbocycles. The largest absolute Gasteiger partial charge is 0.497 e. The zero-order chi connectivity index (χ0) is 14.7. The number of carbonyl (C=O) groups is 1. The number of rotatable bonds is 3. The zero-order valence-electron chi connectivity index (χ0n) is 10.4. The lowest BCUT2D eigenvalue weighted by Crippen LogP contribution is -2.16. The van der Waals surface area contributed by atoms with Gasteiger partial charge < -0.3 is 10.1 Å². The number of methoxy groups -OCH3 is 1. The van der Waals surface area contributed by atoms with Crippen molar-refractivity contribution in [3.8, 4) is 5.75 Å². The van der Waals surface area contributed by atoms with Crippen LogP contribution in [-0.4, -0.2) is 13.0 Å². The first-order valence-electron chi connectivity index (χ1n) is 5.62. The zero-order valence-corrected chi connectivity index (χ0v) is 12.0. The van der Waals surface area contributed by atoms with E-state index < -0.39 is 23.1 Å². The highest BCUT2D eigenvalue weighted by molar-refractivity contribution is 9.10. The Morgan fingerprint density at radius 1 is 1.20 bits per heavy atom. The molecule has 3 nitrogen and oxygen atoms in total. The summed E-state index contributed by atoms with van der Waals surface area (Å²) < 4.78 is 32.6. The Morgan fingerprint density at radius 3 is 2.45 bits per heavy atom. The van der Waals surface area contributed by atoms with Crippen molar-refractivity contribution >= 4 is 27.5 Å². The maximum Gasteiger partial charge on any atom is 0.261 e. The molecular formula is C14H10BrF2NO2. The second-order valence-electron chi connectivity index (χ2n) is 3.90. The number of ether oxygens (including phenoxy) is 1. The summed E-state index contributed by atoms with van der Waals surface area (Å²) >= 11 is 3.24. The minimum absolute atomic E-state index is 0.358. The Bertz CT molecular complexity index is 641. The van der Waals surface area contributed by atoms with Gasteiger partial charge in [-0.3, -0.25) is 4.79 Å². The van der Waals surface area contributed by atoms with Gasteiger partial charge in [-0.15, -0.1) is 0 Å². The topological polar surface area (TPSA) is 38.3 Å². The molecule has 20 heavy (non-hydrogen) atoms. The Hall–Kier alpha value is -1.95. The van der Waals surface area contributed by atoms with Crippen LogP contribution in [0.4, 0.5) is 14.5 Å². The maximum absolute atomic E-state index is 13.5. The van der Waals surface area contributed by atoms with Gasteiger partial charge in [-0.1, -0.05) is 6.07 Å². The van der Waals surface area contributed by atoms with Crippen molar-refractivity contribution < 1.29 is 18.3 Å². The molecule has 2 aromatic rings. The molecule has 0 aliphatic rings. The lowest BCUT2D eigenvalue weighted by Gasteiger charge is -2.10. The molecule has 0 radical (unpaired) electrons. The number of nitrogens with one attached hydrogen (secondary N) is 1. The SMILES string of the molecule is COc1ccc(Br)c(NC(=O)c2c(F)cccc2F)c1. The molecule has 0 aliphatic heterocycles. The Labute approximate surface area is 122 Å². The minimum Gasteiger partial charge on any atom is -0.497 e. The van der Waals surface area contributed by atoms with E-state index in [-0.39, 0.29) is 0 Å². The average Bonchev–Trinajstić information content (AvgIpc) is 2.41. The molecule has 0 saturated heterocycles. The molecular weight excluding hydrogens is 332 g/mol. The van der Waals surface area contributed by atoms with Crippen molar-refractivity contribution in [3.05, 3.63) is 58.1 Å². The van der Waals surface area contributed by atoms with Crippen LogP contribution in [0.3, 0.4) is 0 Å². The minimum atomic E-state index is -0.915. The molecule has 0 spiro atoms. The quantitative estimate of drug-likeness (QED) is 0.916. The van der Waals surface area contributed by atoms with Crippen LogP contribution in [0.25, 0.3) is 0 Å². The molecule has 0 heterocycles. The Kier molecular flexibility index (Phi) is 4.34. The van der Waals surface area contributed by atoms with Crippen molar-refractivity contribution in [2.24, 2.45) is 0 Å². The van der Waals surface area contributed by atoms with Crippen LogP contribution >= 0.6 is 15.9 Å². The normalized spacial score (nSPS) is 10.2. The van der Waals surface area contributed by atoms with Crippen molar-refractivity contribution in [1.82, 2.24) is 0 Å². The standard InChI is InChI=1S/C14H10BrF2NO2/c1-20-8-5-6-9(15)12(7-8)18-14(19)13-10(16)3-2-4-11(13)17/h2-7H,1H3,(H,18,19). The van der Waals surface area contributed by atoms with Crippen LogP contribution in [0.5, 0.6) is 5.75 Å². The van der Waals surface area contributed by atoms with Crippen LogP contribution in [-0.2, 0) is 0 Å². The molecule has 0 bridgehead atoms. The molecule has 0 saturated carbocycles. The van der Waals surface area contributed by atoms with E-state index in [1.807, 2.05) is 0 Å². The molecule has 1 amide bonds. The van der Waals surface area contributed by atoms with Crippen molar-refractivity contribution in [3.63, 3.8) is 0 Å². The summed E-state index contributed by atoms with van der Waals surface area (Å²) in [6.45, 7) is 0. The van der Waals surface area contributed by atoms with E-state index in [4.69, 9.17) is 4.74 Å². The first-order chi connectivity index (χ1) is 9.52. The van der Waals surface area contributed by atoms with E-state index in [2.05, 4.69) is 21.2 Å². The van der Waals surface area contributed by atoms with Crippen molar-refractivity contribution in [1.29, 1.82) is 0 Å². The van der Waals surface area contributed by atoms with E-state index >= 15 is 0 Å². The van der Waals surface area contributed by atoms with E-state index in [1.54, 1.807) is 18.2 Å². The van der Waals surface area contributed by atoms with Gasteiger partial charge >= 0.3 is 0 Å². The molecule has 1 N–H and O–H groups in total. The van der Waals surface area contributed by atoms with Gasteiger partial charge in [0.15, 0.2) is 0 Å². The van der Waals surface area contributed by atoms with Gasteiger partial charge in [0, 0.05) is 10.5 Å². The fourth-order valence-corrected chi connectivity index (χ4v) is 1.97. The third kappa shape index (κ3) is 2.96. The van der Waals surface area contributed by atoms with Gasteiger partial charge in [-0.25, -0.2) is 8.78 Å². The van der Waals surface area contributed by atoms with Gasteiger partial charge in [0.2, 0.25) is 0 Å². The fraction of sp³-hybridized carbons (Fsp3) is 0.0714. The second kappa shape index (κ2) is 6.00. The Balaban J connectivity index is 2.33. The molecule has 104 valence electrons. The first-order valence-corrected chi connectivity index (χ1v) is 6.41. The van der Waals surface area contributed by atoms with Crippen LogP contribution in [0.2, 0.25) is 0 Å². The number of carbonyl (C=O) groups excluding carboxylic acids is 1. The highest BCUT2D eigenvalue weighted by Crippen LogP contribution is 2.28. The average molecular weight is 342 g/mol. The van der Waals surface area contributed by atoms with Gasteiger partial charge in [-0.2, -0.15) is 0 Å². The number of anilines is 1. The number of halogens is 3. The third-order valence-corrected chi connectivity index (χ3v) is 3.30. The smallest absolute Gasteiger partial charge is 0.261 e. The monoisotopic (exact) mass is 341 g/mol. The number of benzene rings is 2. The number of amides is 1. The highest BCUT2D eigenvalue weighted by Gasteiger charge is 2.18. The van der Waals surface area contributed by atoms with Gasteiger partial charge in [0.05, 0.1) is 12.8 Å². The van der Waals surface area contributed by atoms with Gasteiger partial charge in [-0.05, 0) is 40.2 Å². The second-order valence-corrected chi connectivity index (χ2v) is 4.75. The molecule has 6 heteroatoms. The lowest BCUT2D eigenvalue weighted by molar-refractivity contribution is 0.101. The number of hydrogen-bond donors (Lipinski definition) is 1. The van der Waals surface area contributed by atoms with Crippen LogP contribution < -0.4 is 10.1 Å². The van der Waals surface area contributed by atoms with Crippen molar-refractivity contribution in [2.45, 2.75) is 0 Å². The fourth-order valence-electron chi connectivity index (χ4n) is 1.63. The summed E-state index contributed by atoms with van der Waals surface area (Å²) in [6, 6.07) is 8.14. The van der Waals surface area contributed by atoms with E-state index in [1.165, 1.54) is 13.2 Å². The summed E-state index contributed by atoms with van der Waals surface area (Å²) in [5.41, 5.74) is -0.265. The summed E-state index contributed by atoms with van der Waals surface area (Å²) in [4.78, 5) is 12.0. The molecule has 0 fully saturated rings. The summed E-state index contributed by atoms with van der Waals surface area (Å²) in [7, 11) is 1.48. The predicted octanol–water partition coefficient (Wildman–Crippen LogP) is 3.99. The van der Waals surface area contributed by atoms with Gasteiger partial charge in [0.25, 0.3) is 5.91 Å². The number of hydrogen-bond acceptors (Lipinski definition) is 2. The summed E-state index contributed by atoms with van der Waals surface area (Å²) in [6.07, 6.45) is 0. The lowest BCUT2D eigenvalue weighted by atomic mass is 10.1. The molecule has 0 unspecified atom stereocenters. The third-order valence-electron chi connectivity index (χ3n) is 2.61. The predicted molar refractivity (Wildman–Crippen MR) is 75.0 cm³/mol. The van der Waals surface area contributed by atoms with E-state index in [0.29, 0.717) is 15.9 Å². The van der Waals surface area contributed by atoms with Crippen LogP contribution in [0, 0.1) is 11.6 Å². The molecule has 2 rings (SSSR count). The molecule has 0 aromatic heterocycles. The highest BCUT2D eigenvalue weighted by atomic mass is 79.9. The van der Waals surface area contributed by atoms with Gasteiger partial charge in [0.1, 0.15) is 22.9 Å². The maximum atomic E-state index is 13.5. The molecule has 0 aliphatic carbocycles. The first kappa shape index (κ1) is 14.5. The van der Waals surface area contributed by atoms with Crippen molar-refractivity contribution in [2.75, 3.05) is 12.4 Å². The summed E-state index contributed by atoms with van der Waals surface area (Å²) in [5.74, 6) is -2.19. The van der Waals surface area contributed by atoms with E-state index in [0.717, 1.165) is 12.1 Å². The van der Waals surface area contributed by atoms with Crippen LogP contribution in [0.1, 0.15) is 10.4 Å². The van der Waals surface area contributed by atoms with E-state index in [9.17, 15) is 13.6 Å². The molecule has 0 atom stereocenters. The Morgan fingerprint density at radius 2 is 1.85 bits per heavy atom. The summed E-state index contributed by atoms with van der Waals surface area (Å²) in [5, 5.41) is 2.44.